The molecule has 0 fully saturated rings. The van der Waals surface area contributed by atoms with Crippen LogP contribution in [0.3, 0.4) is 0 Å². The number of aryl methyl sites for hydroxylation is 2. The molecule has 0 aliphatic carbocycles. The Morgan fingerprint density at radius 2 is 2.14 bits per heavy atom. The van der Waals surface area contributed by atoms with Gasteiger partial charge < -0.3 is 9.30 Å². The Balaban J connectivity index is 1.87. The number of carbonyl (C=O) groups is 1. The summed E-state index contributed by atoms with van der Waals surface area (Å²) in [5.74, 6) is 0.376. The first kappa shape index (κ1) is 13.8. The van der Waals surface area contributed by atoms with Crippen LogP contribution in [0, 0.1) is 6.92 Å². The lowest BCUT2D eigenvalue weighted by Crippen LogP contribution is -2.12. The number of fused-ring (bicyclic) bond motifs is 1. The fourth-order valence-corrected chi connectivity index (χ4v) is 2.98. The van der Waals surface area contributed by atoms with E-state index in [1.165, 1.54) is 11.3 Å². The van der Waals surface area contributed by atoms with Gasteiger partial charge in [-0.2, -0.15) is 0 Å². The third kappa shape index (κ3) is 2.42. The first-order valence-electron chi connectivity index (χ1n) is 6.60. The highest BCUT2D eigenvalue weighted by molar-refractivity contribution is 7.11. The summed E-state index contributed by atoms with van der Waals surface area (Å²) in [7, 11) is 1.92. The van der Waals surface area contributed by atoms with Gasteiger partial charge in [0, 0.05) is 7.05 Å². The number of hydrogen-bond donors (Lipinski definition) is 0. The van der Waals surface area contributed by atoms with Crippen molar-refractivity contribution in [2.75, 3.05) is 0 Å². The number of benzene rings is 1. The number of thiazole rings is 1. The third-order valence-electron chi connectivity index (χ3n) is 3.40. The molecule has 1 aromatic carbocycles. The van der Waals surface area contributed by atoms with Crippen LogP contribution in [-0.2, 0) is 11.8 Å². The number of ether oxygens (including phenoxy) is 1. The van der Waals surface area contributed by atoms with Crippen molar-refractivity contribution in [1.29, 1.82) is 0 Å². The van der Waals surface area contributed by atoms with Gasteiger partial charge in [0.15, 0.2) is 11.9 Å². The molecular weight excluding hydrogens is 286 g/mol. The third-order valence-corrected chi connectivity index (χ3v) is 4.31. The van der Waals surface area contributed by atoms with E-state index in [9.17, 15) is 4.79 Å². The lowest BCUT2D eigenvalue weighted by Gasteiger charge is -2.12. The molecule has 6 heteroatoms. The van der Waals surface area contributed by atoms with Gasteiger partial charge in [-0.25, -0.2) is 14.8 Å². The SMILES string of the molecule is Cc1ncsc1C(=O)O[C@@H](C)c1nc2ccccc2n1C. The summed E-state index contributed by atoms with van der Waals surface area (Å²) in [4.78, 5) is 21.3. The van der Waals surface area contributed by atoms with E-state index in [1.807, 2.05) is 42.8 Å². The van der Waals surface area contributed by atoms with Crippen LogP contribution in [-0.4, -0.2) is 20.5 Å². The number of esters is 1. The van der Waals surface area contributed by atoms with E-state index in [4.69, 9.17) is 4.74 Å². The average molecular weight is 301 g/mol. The van der Waals surface area contributed by atoms with Crippen molar-refractivity contribution in [3.8, 4) is 0 Å². The Morgan fingerprint density at radius 1 is 1.38 bits per heavy atom. The Labute approximate surface area is 126 Å². The van der Waals surface area contributed by atoms with E-state index in [0.717, 1.165) is 16.9 Å². The zero-order chi connectivity index (χ0) is 15.0. The molecule has 1 atom stereocenters. The fraction of sp³-hybridized carbons (Fsp3) is 0.267. The number of hydrogen-bond acceptors (Lipinski definition) is 5. The lowest BCUT2D eigenvalue weighted by atomic mass is 10.3. The van der Waals surface area contributed by atoms with E-state index in [1.54, 1.807) is 12.4 Å². The maximum absolute atomic E-state index is 12.1. The van der Waals surface area contributed by atoms with Crippen LogP contribution >= 0.6 is 11.3 Å². The van der Waals surface area contributed by atoms with Gasteiger partial charge in [-0.15, -0.1) is 11.3 Å². The van der Waals surface area contributed by atoms with Gasteiger partial charge in [-0.1, -0.05) is 12.1 Å². The van der Waals surface area contributed by atoms with Crippen LogP contribution in [0.4, 0.5) is 0 Å². The van der Waals surface area contributed by atoms with Gasteiger partial charge >= 0.3 is 5.97 Å². The van der Waals surface area contributed by atoms with E-state index in [0.29, 0.717) is 10.6 Å². The predicted molar refractivity (Wildman–Crippen MR) is 81.4 cm³/mol. The minimum absolute atomic E-state index is 0.352. The molecule has 2 heterocycles. The standard InChI is InChI=1S/C15H15N3O2S/c1-9-13(21-8-16-9)15(19)20-10(2)14-17-11-6-4-5-7-12(11)18(14)3/h4-8,10H,1-3H3/t10-/m0/s1. The van der Waals surface area contributed by atoms with E-state index >= 15 is 0 Å². The van der Waals surface area contributed by atoms with Crippen LogP contribution in [0.2, 0.25) is 0 Å². The maximum Gasteiger partial charge on any atom is 0.350 e. The van der Waals surface area contributed by atoms with Crippen LogP contribution < -0.4 is 0 Å². The minimum atomic E-state index is -0.420. The smallest absolute Gasteiger partial charge is 0.350 e. The number of para-hydroxylation sites is 2. The molecule has 0 spiro atoms. The molecular formula is C15H15N3O2S. The van der Waals surface area contributed by atoms with Crippen molar-refractivity contribution in [1.82, 2.24) is 14.5 Å². The minimum Gasteiger partial charge on any atom is -0.450 e. The summed E-state index contributed by atoms with van der Waals surface area (Å²) in [5, 5.41) is 0. The van der Waals surface area contributed by atoms with Crippen molar-refractivity contribution in [2.45, 2.75) is 20.0 Å². The van der Waals surface area contributed by atoms with E-state index in [2.05, 4.69) is 9.97 Å². The summed E-state index contributed by atoms with van der Waals surface area (Å²) in [6.07, 6.45) is -0.420. The van der Waals surface area contributed by atoms with Gasteiger partial charge in [0.1, 0.15) is 4.88 Å². The van der Waals surface area contributed by atoms with Gasteiger partial charge in [0.05, 0.1) is 22.2 Å². The molecule has 0 bridgehead atoms. The quantitative estimate of drug-likeness (QED) is 0.697. The zero-order valence-corrected chi connectivity index (χ0v) is 12.8. The van der Waals surface area contributed by atoms with Crippen LogP contribution in [0.5, 0.6) is 0 Å². The van der Waals surface area contributed by atoms with Crippen molar-refractivity contribution in [3.05, 3.63) is 46.2 Å². The van der Waals surface area contributed by atoms with Gasteiger partial charge in [-0.3, -0.25) is 0 Å². The van der Waals surface area contributed by atoms with Crippen molar-refractivity contribution in [2.24, 2.45) is 7.05 Å². The Morgan fingerprint density at radius 3 is 2.81 bits per heavy atom. The highest BCUT2D eigenvalue weighted by Gasteiger charge is 2.21. The molecule has 21 heavy (non-hydrogen) atoms. The molecule has 3 rings (SSSR count). The number of rotatable bonds is 3. The van der Waals surface area contributed by atoms with Crippen LogP contribution in [0.1, 0.15) is 34.2 Å². The molecule has 0 radical (unpaired) electrons. The predicted octanol–water partition coefficient (Wildman–Crippen LogP) is 3.26. The molecule has 2 aromatic heterocycles. The normalized spacial score (nSPS) is 12.5. The number of aromatic nitrogens is 3. The lowest BCUT2D eigenvalue weighted by molar-refractivity contribution is 0.0320. The zero-order valence-electron chi connectivity index (χ0n) is 12.0. The summed E-state index contributed by atoms with van der Waals surface area (Å²) in [6, 6.07) is 7.84. The molecule has 5 nitrogen and oxygen atoms in total. The largest absolute Gasteiger partial charge is 0.450 e. The summed E-state index contributed by atoms with van der Waals surface area (Å²) in [6.45, 7) is 3.63. The molecule has 0 aliphatic rings. The number of nitrogens with zero attached hydrogens (tertiary/aromatic N) is 3. The molecule has 0 unspecified atom stereocenters. The summed E-state index contributed by atoms with van der Waals surface area (Å²) in [5.41, 5.74) is 4.25. The molecule has 0 N–H and O–H groups in total. The molecule has 0 saturated carbocycles. The van der Waals surface area contributed by atoms with Crippen LogP contribution in [0.15, 0.2) is 29.8 Å². The first-order chi connectivity index (χ1) is 10.1. The molecule has 108 valence electrons. The maximum atomic E-state index is 12.1. The second-order valence-electron chi connectivity index (χ2n) is 4.83. The van der Waals surface area contributed by atoms with E-state index in [-0.39, 0.29) is 5.97 Å². The van der Waals surface area contributed by atoms with Gasteiger partial charge in [-0.05, 0) is 26.0 Å². The first-order valence-corrected chi connectivity index (χ1v) is 7.48. The van der Waals surface area contributed by atoms with Crippen molar-refractivity contribution >= 4 is 28.3 Å². The Kier molecular flexibility index (Phi) is 3.47. The van der Waals surface area contributed by atoms with Gasteiger partial charge in [0.2, 0.25) is 0 Å². The summed E-state index contributed by atoms with van der Waals surface area (Å²) >= 11 is 1.29. The molecule has 3 aromatic rings. The number of carbonyl (C=O) groups excluding carboxylic acids is 1. The molecule has 0 amide bonds. The topological polar surface area (TPSA) is 57.0 Å². The molecule has 0 saturated heterocycles. The Bertz CT molecular complexity index is 806. The highest BCUT2D eigenvalue weighted by Crippen LogP contribution is 2.24. The van der Waals surface area contributed by atoms with Crippen molar-refractivity contribution in [3.63, 3.8) is 0 Å². The summed E-state index contributed by atoms with van der Waals surface area (Å²) < 4.78 is 7.47. The molecule has 0 aliphatic heterocycles. The Hall–Kier alpha value is -2.21. The monoisotopic (exact) mass is 301 g/mol. The number of imidazole rings is 1. The highest BCUT2D eigenvalue weighted by atomic mass is 32.1. The second kappa shape index (κ2) is 5.29. The fourth-order valence-electron chi connectivity index (χ4n) is 2.29. The van der Waals surface area contributed by atoms with Crippen LogP contribution in [0.25, 0.3) is 11.0 Å². The van der Waals surface area contributed by atoms with Gasteiger partial charge in [0.25, 0.3) is 0 Å². The second-order valence-corrected chi connectivity index (χ2v) is 5.69. The van der Waals surface area contributed by atoms with E-state index < -0.39 is 6.10 Å². The average Bonchev–Trinajstić information content (AvgIpc) is 3.03. The van der Waals surface area contributed by atoms with Crippen molar-refractivity contribution < 1.29 is 9.53 Å².